The van der Waals surface area contributed by atoms with Crippen LogP contribution in [0.3, 0.4) is 0 Å². The van der Waals surface area contributed by atoms with Gasteiger partial charge < -0.3 is 9.72 Å². The summed E-state index contributed by atoms with van der Waals surface area (Å²) in [5.74, 6) is -0.269. The van der Waals surface area contributed by atoms with Gasteiger partial charge in [0.25, 0.3) is 0 Å². The van der Waals surface area contributed by atoms with Crippen LogP contribution in [0.25, 0.3) is 10.9 Å². The number of fused-ring (bicyclic) bond motifs is 1. The Hall–Kier alpha value is -1.77. The highest BCUT2D eigenvalue weighted by molar-refractivity contribution is 5.95. The molecule has 0 fully saturated rings. The maximum absolute atomic E-state index is 11.7. The first-order valence-corrected chi connectivity index (χ1v) is 5.98. The van der Waals surface area contributed by atoms with E-state index in [4.69, 9.17) is 4.74 Å². The Morgan fingerprint density at radius 1 is 1.41 bits per heavy atom. The molecule has 90 valence electrons. The molecule has 0 aliphatic heterocycles. The average molecular weight is 231 g/mol. The predicted octanol–water partition coefficient (Wildman–Crippen LogP) is 3.43. The van der Waals surface area contributed by atoms with Gasteiger partial charge in [-0.25, -0.2) is 4.79 Å². The monoisotopic (exact) mass is 231 g/mol. The molecule has 0 atom stereocenters. The first-order valence-electron chi connectivity index (χ1n) is 5.98. The molecule has 1 aromatic heterocycles. The SMILES string of the molecule is CCCCOC(=O)c1cc2cccc(C)c2[nH]1. The molecule has 0 aliphatic carbocycles. The summed E-state index contributed by atoms with van der Waals surface area (Å²) in [7, 11) is 0. The van der Waals surface area contributed by atoms with Gasteiger partial charge in [0.15, 0.2) is 0 Å². The third-order valence-electron chi connectivity index (χ3n) is 2.82. The van der Waals surface area contributed by atoms with Crippen molar-refractivity contribution in [3.05, 3.63) is 35.5 Å². The van der Waals surface area contributed by atoms with E-state index in [1.54, 1.807) is 0 Å². The smallest absolute Gasteiger partial charge is 0.354 e. The van der Waals surface area contributed by atoms with Crippen LogP contribution in [-0.2, 0) is 4.74 Å². The molecule has 1 aromatic carbocycles. The van der Waals surface area contributed by atoms with E-state index in [-0.39, 0.29) is 5.97 Å². The van der Waals surface area contributed by atoms with Gasteiger partial charge in [-0.3, -0.25) is 0 Å². The average Bonchev–Trinajstić information content (AvgIpc) is 2.75. The Balaban J connectivity index is 2.19. The number of aryl methyl sites for hydroxylation is 1. The highest BCUT2D eigenvalue weighted by atomic mass is 16.5. The van der Waals surface area contributed by atoms with Crippen LogP contribution in [0, 0.1) is 6.92 Å². The molecule has 0 unspecified atom stereocenters. The van der Waals surface area contributed by atoms with Crippen molar-refractivity contribution in [2.24, 2.45) is 0 Å². The topological polar surface area (TPSA) is 42.1 Å². The number of carbonyl (C=O) groups excluding carboxylic acids is 1. The van der Waals surface area contributed by atoms with E-state index in [1.807, 2.05) is 31.2 Å². The third-order valence-corrected chi connectivity index (χ3v) is 2.82. The second-order valence-electron chi connectivity index (χ2n) is 4.21. The number of benzene rings is 1. The van der Waals surface area contributed by atoms with Crippen LogP contribution >= 0.6 is 0 Å². The summed E-state index contributed by atoms with van der Waals surface area (Å²) in [6.45, 7) is 4.58. The number of ether oxygens (including phenoxy) is 1. The molecule has 0 bridgehead atoms. The molecule has 2 aromatic rings. The fourth-order valence-corrected chi connectivity index (χ4v) is 1.80. The number of nitrogens with one attached hydrogen (secondary N) is 1. The Bertz CT molecular complexity index is 528. The number of para-hydroxylation sites is 1. The maximum Gasteiger partial charge on any atom is 0.354 e. The van der Waals surface area contributed by atoms with Crippen molar-refractivity contribution in [1.29, 1.82) is 0 Å². The van der Waals surface area contributed by atoms with Crippen LogP contribution in [0.4, 0.5) is 0 Å². The minimum Gasteiger partial charge on any atom is -0.461 e. The lowest BCUT2D eigenvalue weighted by Crippen LogP contribution is -2.06. The van der Waals surface area contributed by atoms with E-state index in [0.29, 0.717) is 12.3 Å². The van der Waals surface area contributed by atoms with Gasteiger partial charge in [0, 0.05) is 10.9 Å². The molecule has 0 saturated heterocycles. The van der Waals surface area contributed by atoms with Crippen LogP contribution in [0.1, 0.15) is 35.8 Å². The van der Waals surface area contributed by atoms with Gasteiger partial charge in [0.2, 0.25) is 0 Å². The van der Waals surface area contributed by atoms with E-state index >= 15 is 0 Å². The molecule has 3 heteroatoms. The molecule has 2 rings (SSSR count). The van der Waals surface area contributed by atoms with Crippen molar-refractivity contribution in [3.8, 4) is 0 Å². The zero-order valence-corrected chi connectivity index (χ0v) is 10.2. The number of esters is 1. The summed E-state index contributed by atoms with van der Waals surface area (Å²) in [4.78, 5) is 14.9. The number of rotatable bonds is 4. The van der Waals surface area contributed by atoms with Gasteiger partial charge >= 0.3 is 5.97 Å². The van der Waals surface area contributed by atoms with Gasteiger partial charge in [0.05, 0.1) is 6.61 Å². The van der Waals surface area contributed by atoms with Crippen molar-refractivity contribution >= 4 is 16.9 Å². The number of hydrogen-bond donors (Lipinski definition) is 1. The quantitative estimate of drug-likeness (QED) is 0.647. The Labute approximate surface area is 101 Å². The number of aromatic nitrogens is 1. The molecule has 1 heterocycles. The minimum absolute atomic E-state index is 0.269. The summed E-state index contributed by atoms with van der Waals surface area (Å²) < 4.78 is 5.17. The lowest BCUT2D eigenvalue weighted by Gasteiger charge is -2.01. The molecular weight excluding hydrogens is 214 g/mol. The van der Waals surface area contributed by atoms with Crippen molar-refractivity contribution < 1.29 is 9.53 Å². The predicted molar refractivity (Wildman–Crippen MR) is 68.2 cm³/mol. The zero-order valence-electron chi connectivity index (χ0n) is 10.2. The first kappa shape index (κ1) is 11.7. The zero-order chi connectivity index (χ0) is 12.3. The van der Waals surface area contributed by atoms with Gasteiger partial charge in [-0.05, 0) is 25.0 Å². The summed E-state index contributed by atoms with van der Waals surface area (Å²) in [5, 5.41) is 1.05. The standard InChI is InChI=1S/C14H17NO2/c1-3-4-8-17-14(16)12-9-11-7-5-6-10(2)13(11)15-12/h5-7,9,15H,3-4,8H2,1-2H3. The Morgan fingerprint density at radius 3 is 2.94 bits per heavy atom. The van der Waals surface area contributed by atoms with Gasteiger partial charge in [-0.1, -0.05) is 31.5 Å². The molecule has 0 spiro atoms. The Kier molecular flexibility index (Phi) is 3.47. The largest absolute Gasteiger partial charge is 0.461 e. The number of hydrogen-bond acceptors (Lipinski definition) is 2. The van der Waals surface area contributed by atoms with Crippen molar-refractivity contribution in [1.82, 2.24) is 4.98 Å². The highest BCUT2D eigenvalue weighted by Crippen LogP contribution is 2.19. The summed E-state index contributed by atoms with van der Waals surface area (Å²) >= 11 is 0. The molecule has 0 aliphatic rings. The number of aromatic amines is 1. The highest BCUT2D eigenvalue weighted by Gasteiger charge is 2.11. The summed E-state index contributed by atoms with van der Waals surface area (Å²) in [6, 6.07) is 7.83. The number of H-pyrrole nitrogens is 1. The van der Waals surface area contributed by atoms with Crippen LogP contribution in [0.15, 0.2) is 24.3 Å². The molecular formula is C14H17NO2. The Morgan fingerprint density at radius 2 is 2.24 bits per heavy atom. The van der Waals surface area contributed by atoms with Crippen molar-refractivity contribution in [2.75, 3.05) is 6.61 Å². The molecule has 0 saturated carbocycles. The molecule has 1 N–H and O–H groups in total. The van der Waals surface area contributed by atoms with Crippen LogP contribution in [0.2, 0.25) is 0 Å². The third kappa shape index (κ3) is 2.49. The van der Waals surface area contributed by atoms with E-state index in [1.165, 1.54) is 0 Å². The van der Waals surface area contributed by atoms with Gasteiger partial charge in [0.1, 0.15) is 5.69 Å². The maximum atomic E-state index is 11.7. The van der Waals surface area contributed by atoms with E-state index < -0.39 is 0 Å². The van der Waals surface area contributed by atoms with Gasteiger partial charge in [-0.2, -0.15) is 0 Å². The molecule has 3 nitrogen and oxygen atoms in total. The van der Waals surface area contributed by atoms with Crippen LogP contribution in [-0.4, -0.2) is 17.6 Å². The summed E-state index contributed by atoms with van der Waals surface area (Å²) in [6.07, 6.45) is 1.93. The lowest BCUT2D eigenvalue weighted by atomic mass is 10.2. The molecule has 17 heavy (non-hydrogen) atoms. The fraction of sp³-hybridized carbons (Fsp3) is 0.357. The van der Waals surface area contributed by atoms with Gasteiger partial charge in [-0.15, -0.1) is 0 Å². The molecule has 0 amide bonds. The van der Waals surface area contributed by atoms with Crippen LogP contribution < -0.4 is 0 Å². The lowest BCUT2D eigenvalue weighted by molar-refractivity contribution is 0.0494. The normalized spacial score (nSPS) is 10.7. The minimum atomic E-state index is -0.269. The second kappa shape index (κ2) is 5.04. The van der Waals surface area contributed by atoms with Crippen LogP contribution in [0.5, 0.6) is 0 Å². The fourth-order valence-electron chi connectivity index (χ4n) is 1.80. The number of carbonyl (C=O) groups is 1. The number of unbranched alkanes of at least 4 members (excludes halogenated alkanes) is 1. The molecule has 0 radical (unpaired) electrons. The summed E-state index contributed by atoms with van der Waals surface area (Å²) in [5.41, 5.74) is 2.68. The first-order chi connectivity index (χ1) is 8.22. The van der Waals surface area contributed by atoms with E-state index in [2.05, 4.69) is 11.9 Å². The van der Waals surface area contributed by atoms with E-state index in [0.717, 1.165) is 29.3 Å². The second-order valence-corrected chi connectivity index (χ2v) is 4.21. The van der Waals surface area contributed by atoms with E-state index in [9.17, 15) is 4.79 Å². The van der Waals surface area contributed by atoms with Crippen molar-refractivity contribution in [3.63, 3.8) is 0 Å². The van der Waals surface area contributed by atoms with Crippen molar-refractivity contribution in [2.45, 2.75) is 26.7 Å².